The van der Waals surface area contributed by atoms with E-state index < -0.39 is 0 Å². The normalized spacial score (nSPS) is 9.62. The van der Waals surface area contributed by atoms with Gasteiger partial charge in [-0.15, -0.1) is 0 Å². The SMILES string of the molecule is C=C(C)COC(=O)CCNC(=O)Nc1ccc(OC)cc1. The number of hydrogen-bond donors (Lipinski definition) is 2. The Morgan fingerprint density at radius 2 is 1.90 bits per heavy atom. The molecule has 0 saturated carbocycles. The average molecular weight is 292 g/mol. The van der Waals surface area contributed by atoms with Crippen molar-refractivity contribution < 1.29 is 19.1 Å². The van der Waals surface area contributed by atoms with Gasteiger partial charge in [-0.2, -0.15) is 0 Å². The van der Waals surface area contributed by atoms with Crippen LogP contribution in [0.1, 0.15) is 13.3 Å². The van der Waals surface area contributed by atoms with E-state index in [9.17, 15) is 9.59 Å². The molecule has 2 amide bonds. The maximum atomic E-state index is 11.6. The minimum atomic E-state index is -0.382. The standard InChI is InChI=1S/C15H20N2O4/c1-11(2)10-21-14(18)8-9-16-15(19)17-12-4-6-13(20-3)7-5-12/h4-7H,1,8-10H2,2-3H3,(H2,16,17,19). The third kappa shape index (κ3) is 7.00. The van der Waals surface area contributed by atoms with E-state index >= 15 is 0 Å². The van der Waals surface area contributed by atoms with E-state index in [-0.39, 0.29) is 31.6 Å². The molecule has 0 aliphatic heterocycles. The molecular weight excluding hydrogens is 272 g/mol. The number of carbonyl (C=O) groups excluding carboxylic acids is 2. The molecule has 0 aliphatic carbocycles. The Labute approximate surface area is 124 Å². The van der Waals surface area contributed by atoms with Gasteiger partial charge in [0.25, 0.3) is 0 Å². The summed E-state index contributed by atoms with van der Waals surface area (Å²) < 4.78 is 9.92. The van der Waals surface area contributed by atoms with E-state index in [0.717, 1.165) is 5.57 Å². The molecule has 0 heterocycles. The largest absolute Gasteiger partial charge is 0.497 e. The molecule has 0 aliphatic rings. The lowest BCUT2D eigenvalue weighted by Crippen LogP contribution is -2.30. The van der Waals surface area contributed by atoms with Crippen LogP contribution in [0.3, 0.4) is 0 Å². The first kappa shape index (κ1) is 16.6. The molecule has 114 valence electrons. The number of methoxy groups -OCH3 is 1. The highest BCUT2D eigenvalue weighted by Gasteiger charge is 2.05. The van der Waals surface area contributed by atoms with Gasteiger partial charge < -0.3 is 20.1 Å². The summed E-state index contributed by atoms with van der Waals surface area (Å²) in [6.07, 6.45) is 0.114. The Hall–Kier alpha value is -2.50. The zero-order valence-corrected chi connectivity index (χ0v) is 12.3. The van der Waals surface area contributed by atoms with Gasteiger partial charge in [0.2, 0.25) is 0 Å². The molecule has 0 fully saturated rings. The molecule has 0 bridgehead atoms. The first-order valence-electron chi connectivity index (χ1n) is 6.50. The maximum Gasteiger partial charge on any atom is 0.319 e. The number of esters is 1. The zero-order chi connectivity index (χ0) is 15.7. The van der Waals surface area contributed by atoms with Crippen LogP contribution in [0, 0.1) is 0 Å². The number of nitrogens with one attached hydrogen (secondary N) is 2. The molecule has 1 aromatic carbocycles. The molecule has 6 heteroatoms. The molecule has 1 rings (SSSR count). The summed E-state index contributed by atoms with van der Waals surface area (Å²) in [5.74, 6) is 0.337. The fourth-order valence-electron chi connectivity index (χ4n) is 1.40. The number of amides is 2. The highest BCUT2D eigenvalue weighted by molar-refractivity contribution is 5.89. The molecule has 0 atom stereocenters. The van der Waals surface area contributed by atoms with Crippen LogP contribution >= 0.6 is 0 Å². The van der Waals surface area contributed by atoms with Gasteiger partial charge in [0.05, 0.1) is 13.5 Å². The highest BCUT2D eigenvalue weighted by atomic mass is 16.5. The Kier molecular flexibility index (Phi) is 6.80. The van der Waals surface area contributed by atoms with Gasteiger partial charge in [-0.3, -0.25) is 4.79 Å². The van der Waals surface area contributed by atoms with Crippen LogP contribution in [0.4, 0.5) is 10.5 Å². The Bertz CT molecular complexity index is 497. The quantitative estimate of drug-likeness (QED) is 0.597. The second-order valence-electron chi connectivity index (χ2n) is 4.48. The maximum absolute atomic E-state index is 11.6. The molecule has 1 aromatic rings. The van der Waals surface area contributed by atoms with Gasteiger partial charge in [0.1, 0.15) is 12.4 Å². The van der Waals surface area contributed by atoms with Gasteiger partial charge in [-0.05, 0) is 36.8 Å². The smallest absolute Gasteiger partial charge is 0.319 e. The van der Waals surface area contributed by atoms with Crippen molar-refractivity contribution in [2.75, 3.05) is 25.6 Å². The van der Waals surface area contributed by atoms with E-state index in [4.69, 9.17) is 9.47 Å². The van der Waals surface area contributed by atoms with Gasteiger partial charge >= 0.3 is 12.0 Å². The fourth-order valence-corrected chi connectivity index (χ4v) is 1.40. The highest BCUT2D eigenvalue weighted by Crippen LogP contribution is 2.14. The first-order valence-corrected chi connectivity index (χ1v) is 6.50. The van der Waals surface area contributed by atoms with Crippen molar-refractivity contribution in [2.45, 2.75) is 13.3 Å². The van der Waals surface area contributed by atoms with Crippen molar-refractivity contribution in [2.24, 2.45) is 0 Å². The fraction of sp³-hybridized carbons (Fsp3) is 0.333. The number of benzene rings is 1. The molecule has 21 heavy (non-hydrogen) atoms. The van der Waals surface area contributed by atoms with Crippen LogP contribution in [-0.2, 0) is 9.53 Å². The molecule has 2 N–H and O–H groups in total. The van der Waals surface area contributed by atoms with Gasteiger partial charge in [0, 0.05) is 12.2 Å². The van der Waals surface area contributed by atoms with E-state index in [1.54, 1.807) is 38.3 Å². The Morgan fingerprint density at radius 1 is 1.24 bits per heavy atom. The summed E-state index contributed by atoms with van der Waals surface area (Å²) in [4.78, 5) is 22.9. The van der Waals surface area contributed by atoms with Gasteiger partial charge in [-0.1, -0.05) is 6.58 Å². The molecule has 0 spiro atoms. The number of rotatable bonds is 7. The molecule has 6 nitrogen and oxygen atoms in total. The van der Waals surface area contributed by atoms with Gasteiger partial charge in [0.15, 0.2) is 0 Å². The Balaban J connectivity index is 2.24. The predicted molar refractivity (Wildman–Crippen MR) is 80.4 cm³/mol. The summed E-state index contributed by atoms with van der Waals surface area (Å²) in [7, 11) is 1.57. The lowest BCUT2D eigenvalue weighted by Gasteiger charge is -2.08. The van der Waals surface area contributed by atoms with Crippen molar-refractivity contribution in [3.63, 3.8) is 0 Å². The van der Waals surface area contributed by atoms with Crippen LogP contribution in [0.2, 0.25) is 0 Å². The lowest BCUT2D eigenvalue weighted by molar-refractivity contribution is -0.142. The summed E-state index contributed by atoms with van der Waals surface area (Å²) in [6, 6.07) is 6.54. The van der Waals surface area contributed by atoms with E-state index in [1.807, 2.05) is 0 Å². The second-order valence-corrected chi connectivity index (χ2v) is 4.48. The zero-order valence-electron chi connectivity index (χ0n) is 12.3. The number of ether oxygens (including phenoxy) is 2. The Morgan fingerprint density at radius 3 is 2.48 bits per heavy atom. The van der Waals surface area contributed by atoms with Gasteiger partial charge in [-0.25, -0.2) is 4.79 Å². The number of anilines is 1. The summed E-state index contributed by atoms with van der Waals surface area (Å²) in [6.45, 7) is 5.81. The van der Waals surface area contributed by atoms with Crippen LogP contribution < -0.4 is 15.4 Å². The monoisotopic (exact) mass is 292 g/mol. The molecular formula is C15H20N2O4. The van der Waals surface area contributed by atoms with Crippen molar-refractivity contribution in [3.05, 3.63) is 36.4 Å². The minimum absolute atomic E-state index is 0.114. The molecule has 0 unspecified atom stereocenters. The average Bonchev–Trinajstić information content (AvgIpc) is 2.46. The predicted octanol–water partition coefficient (Wildman–Crippen LogP) is 2.33. The minimum Gasteiger partial charge on any atom is -0.497 e. The number of urea groups is 1. The molecule has 0 aromatic heterocycles. The lowest BCUT2D eigenvalue weighted by atomic mass is 10.3. The summed E-state index contributed by atoms with van der Waals surface area (Å²) in [5, 5.41) is 5.22. The first-order chi connectivity index (χ1) is 10.0. The summed E-state index contributed by atoms with van der Waals surface area (Å²) >= 11 is 0. The number of hydrogen-bond acceptors (Lipinski definition) is 4. The third-order valence-electron chi connectivity index (χ3n) is 2.44. The third-order valence-corrected chi connectivity index (χ3v) is 2.44. The van der Waals surface area contributed by atoms with E-state index in [1.165, 1.54) is 0 Å². The van der Waals surface area contributed by atoms with Crippen LogP contribution in [0.5, 0.6) is 5.75 Å². The van der Waals surface area contributed by atoms with E-state index in [0.29, 0.717) is 11.4 Å². The van der Waals surface area contributed by atoms with Crippen LogP contribution in [0.25, 0.3) is 0 Å². The van der Waals surface area contributed by atoms with Crippen molar-refractivity contribution in [3.8, 4) is 5.75 Å². The van der Waals surface area contributed by atoms with Crippen molar-refractivity contribution >= 4 is 17.7 Å². The molecule has 0 saturated heterocycles. The van der Waals surface area contributed by atoms with Crippen molar-refractivity contribution in [1.82, 2.24) is 5.32 Å². The topological polar surface area (TPSA) is 76.7 Å². The number of carbonyl (C=O) groups is 2. The van der Waals surface area contributed by atoms with Crippen LogP contribution in [-0.4, -0.2) is 32.3 Å². The van der Waals surface area contributed by atoms with E-state index in [2.05, 4.69) is 17.2 Å². The van der Waals surface area contributed by atoms with Crippen molar-refractivity contribution in [1.29, 1.82) is 0 Å². The summed E-state index contributed by atoms with van der Waals surface area (Å²) in [5.41, 5.74) is 1.41. The second kappa shape index (κ2) is 8.63. The molecule has 0 radical (unpaired) electrons. The van der Waals surface area contributed by atoms with Crippen LogP contribution in [0.15, 0.2) is 36.4 Å².